The molecule has 0 N–H and O–H groups in total. The summed E-state index contributed by atoms with van der Waals surface area (Å²) in [5.74, 6) is 0.469. The Morgan fingerprint density at radius 3 is 2.08 bits per heavy atom. The Hall–Kier alpha value is -0.0900. The Labute approximate surface area is 82.2 Å². The van der Waals surface area contributed by atoms with Gasteiger partial charge < -0.3 is 0 Å². The quantitative estimate of drug-likeness (QED) is 0.665. The lowest BCUT2D eigenvalue weighted by Gasteiger charge is -2.20. The van der Waals surface area contributed by atoms with Crippen LogP contribution in [0.4, 0.5) is 0 Å². The van der Waals surface area contributed by atoms with Crippen LogP contribution in [0.1, 0.15) is 34.1 Å². The third kappa shape index (κ3) is 4.62. The van der Waals surface area contributed by atoms with Crippen molar-refractivity contribution in [2.75, 3.05) is 18.8 Å². The van der Waals surface area contributed by atoms with Gasteiger partial charge in [-0.15, -0.1) is 0 Å². The predicted octanol–water partition coefficient (Wildman–Crippen LogP) is 1.70. The van der Waals surface area contributed by atoms with Gasteiger partial charge in [0.15, 0.2) is 0 Å². The van der Waals surface area contributed by atoms with Crippen molar-refractivity contribution in [1.82, 2.24) is 4.31 Å². The molecule has 0 unspecified atom stereocenters. The van der Waals surface area contributed by atoms with Crippen LogP contribution >= 0.6 is 0 Å². The first-order valence-electron chi connectivity index (χ1n) is 4.91. The first kappa shape index (κ1) is 12.9. The number of hydrogen-bond donors (Lipinski definition) is 0. The summed E-state index contributed by atoms with van der Waals surface area (Å²) in [6.45, 7) is 8.96. The molecule has 0 heterocycles. The molecule has 0 aromatic heterocycles. The molecule has 0 aromatic carbocycles. The van der Waals surface area contributed by atoms with Crippen LogP contribution in [0.3, 0.4) is 0 Å². The second-order valence-electron chi connectivity index (χ2n) is 3.66. The van der Waals surface area contributed by atoms with Crippen molar-refractivity contribution < 1.29 is 8.42 Å². The van der Waals surface area contributed by atoms with Crippen molar-refractivity contribution in [3.05, 3.63) is 0 Å². The minimum absolute atomic E-state index is 0.205. The van der Waals surface area contributed by atoms with Crippen LogP contribution < -0.4 is 0 Å². The van der Waals surface area contributed by atoms with Gasteiger partial charge in [-0.25, -0.2) is 12.7 Å². The number of hydrogen-bond acceptors (Lipinski definition) is 2. The highest BCUT2D eigenvalue weighted by atomic mass is 32.2. The maximum absolute atomic E-state index is 11.7. The van der Waals surface area contributed by atoms with Gasteiger partial charge in [0, 0.05) is 13.1 Å². The second-order valence-corrected chi connectivity index (χ2v) is 5.68. The van der Waals surface area contributed by atoms with Gasteiger partial charge in [0.25, 0.3) is 0 Å². The fourth-order valence-electron chi connectivity index (χ4n) is 1.27. The summed E-state index contributed by atoms with van der Waals surface area (Å²) in [5.41, 5.74) is 0. The van der Waals surface area contributed by atoms with Crippen LogP contribution in [-0.4, -0.2) is 31.6 Å². The average molecular weight is 207 g/mol. The summed E-state index contributed by atoms with van der Waals surface area (Å²) in [6, 6.07) is 0. The second kappa shape index (κ2) is 5.60. The van der Waals surface area contributed by atoms with Gasteiger partial charge in [0.1, 0.15) is 0 Å². The van der Waals surface area contributed by atoms with Gasteiger partial charge in [-0.3, -0.25) is 0 Å². The minimum Gasteiger partial charge on any atom is -0.212 e. The smallest absolute Gasteiger partial charge is 0.212 e. The zero-order valence-corrected chi connectivity index (χ0v) is 9.89. The highest BCUT2D eigenvalue weighted by Gasteiger charge is 2.20. The highest BCUT2D eigenvalue weighted by Crippen LogP contribution is 2.07. The van der Waals surface area contributed by atoms with Crippen molar-refractivity contribution in [1.29, 1.82) is 0 Å². The van der Waals surface area contributed by atoms with Crippen molar-refractivity contribution >= 4 is 10.0 Å². The summed E-state index contributed by atoms with van der Waals surface area (Å²) >= 11 is 0. The van der Waals surface area contributed by atoms with E-state index in [0.717, 1.165) is 6.42 Å². The Bertz CT molecular complexity index is 222. The van der Waals surface area contributed by atoms with E-state index < -0.39 is 10.0 Å². The molecule has 0 radical (unpaired) electrons. The molecule has 80 valence electrons. The average Bonchev–Trinajstić information content (AvgIpc) is 1.97. The van der Waals surface area contributed by atoms with Crippen LogP contribution in [0, 0.1) is 5.92 Å². The normalized spacial score (nSPS) is 12.8. The molecule has 0 fully saturated rings. The largest absolute Gasteiger partial charge is 0.214 e. The molecule has 0 aliphatic carbocycles. The third-order valence-electron chi connectivity index (χ3n) is 1.76. The molecule has 0 saturated carbocycles. The summed E-state index contributed by atoms with van der Waals surface area (Å²) in [5, 5.41) is 0. The van der Waals surface area contributed by atoms with Crippen molar-refractivity contribution in [2.45, 2.75) is 34.1 Å². The fraction of sp³-hybridized carbons (Fsp3) is 1.00. The predicted molar refractivity (Wildman–Crippen MR) is 56.2 cm³/mol. The zero-order chi connectivity index (χ0) is 10.5. The van der Waals surface area contributed by atoms with Crippen molar-refractivity contribution in [3.63, 3.8) is 0 Å². The molecule has 13 heavy (non-hydrogen) atoms. The lowest BCUT2D eigenvalue weighted by molar-refractivity contribution is 0.422. The summed E-state index contributed by atoms with van der Waals surface area (Å²) in [6.07, 6.45) is 0.880. The van der Waals surface area contributed by atoms with Gasteiger partial charge in [0.05, 0.1) is 5.75 Å². The van der Waals surface area contributed by atoms with Gasteiger partial charge >= 0.3 is 0 Å². The monoisotopic (exact) mass is 207 g/mol. The molecule has 0 amide bonds. The maximum atomic E-state index is 11.7. The number of rotatable bonds is 6. The lowest BCUT2D eigenvalue weighted by Crippen LogP contribution is -2.34. The Kier molecular flexibility index (Phi) is 5.56. The van der Waals surface area contributed by atoms with E-state index >= 15 is 0 Å². The van der Waals surface area contributed by atoms with Gasteiger partial charge in [-0.05, 0) is 12.3 Å². The van der Waals surface area contributed by atoms with Crippen LogP contribution in [0.2, 0.25) is 0 Å². The van der Waals surface area contributed by atoms with Crippen LogP contribution in [0.5, 0.6) is 0 Å². The van der Waals surface area contributed by atoms with Crippen LogP contribution in [0.15, 0.2) is 0 Å². The van der Waals surface area contributed by atoms with E-state index in [-0.39, 0.29) is 11.7 Å². The molecule has 0 spiro atoms. The standard InChI is InChI=1S/C9H21NO2S/c1-5-7-10(6-2)13(11,12)8-9(3)4/h9H,5-8H2,1-4H3. The topological polar surface area (TPSA) is 37.4 Å². The SMILES string of the molecule is CCCN(CC)S(=O)(=O)CC(C)C. The summed E-state index contributed by atoms with van der Waals surface area (Å²) in [7, 11) is -3.00. The van der Waals surface area contributed by atoms with E-state index in [1.54, 1.807) is 4.31 Å². The molecule has 0 saturated heterocycles. The number of nitrogens with zero attached hydrogens (tertiary/aromatic N) is 1. The first-order chi connectivity index (χ1) is 5.94. The summed E-state index contributed by atoms with van der Waals surface area (Å²) < 4.78 is 24.9. The lowest BCUT2D eigenvalue weighted by atomic mass is 10.3. The molecule has 0 aromatic rings. The van der Waals surface area contributed by atoms with Crippen LogP contribution in [-0.2, 0) is 10.0 Å². The Morgan fingerprint density at radius 2 is 1.77 bits per heavy atom. The Morgan fingerprint density at radius 1 is 1.23 bits per heavy atom. The molecule has 0 atom stereocenters. The van der Waals surface area contributed by atoms with E-state index in [1.807, 2.05) is 27.7 Å². The van der Waals surface area contributed by atoms with E-state index in [2.05, 4.69) is 0 Å². The molecular formula is C9H21NO2S. The van der Waals surface area contributed by atoms with Crippen LogP contribution in [0.25, 0.3) is 0 Å². The van der Waals surface area contributed by atoms with E-state index in [1.165, 1.54) is 0 Å². The molecule has 0 rings (SSSR count). The number of sulfonamides is 1. The maximum Gasteiger partial charge on any atom is 0.214 e. The van der Waals surface area contributed by atoms with E-state index in [0.29, 0.717) is 13.1 Å². The van der Waals surface area contributed by atoms with E-state index in [9.17, 15) is 8.42 Å². The van der Waals surface area contributed by atoms with Gasteiger partial charge in [0.2, 0.25) is 10.0 Å². The fourth-order valence-corrected chi connectivity index (χ4v) is 3.18. The highest BCUT2D eigenvalue weighted by molar-refractivity contribution is 7.89. The minimum atomic E-state index is -3.00. The molecule has 0 aliphatic rings. The van der Waals surface area contributed by atoms with Gasteiger partial charge in [-0.1, -0.05) is 27.7 Å². The van der Waals surface area contributed by atoms with E-state index in [4.69, 9.17) is 0 Å². The molecule has 4 heteroatoms. The molecular weight excluding hydrogens is 186 g/mol. The molecule has 0 aliphatic heterocycles. The van der Waals surface area contributed by atoms with Crippen molar-refractivity contribution in [3.8, 4) is 0 Å². The first-order valence-corrected chi connectivity index (χ1v) is 6.52. The summed E-state index contributed by atoms with van der Waals surface area (Å²) in [4.78, 5) is 0. The van der Waals surface area contributed by atoms with Gasteiger partial charge in [-0.2, -0.15) is 0 Å². The van der Waals surface area contributed by atoms with Crippen molar-refractivity contribution in [2.24, 2.45) is 5.92 Å². The molecule has 3 nitrogen and oxygen atoms in total. The molecule has 0 bridgehead atoms. The Balaban J connectivity index is 4.39. The zero-order valence-electron chi connectivity index (χ0n) is 9.08. The third-order valence-corrected chi connectivity index (χ3v) is 4.08.